The zero-order chi connectivity index (χ0) is 13.8. The Labute approximate surface area is 121 Å². The molecule has 0 radical (unpaired) electrons. The Morgan fingerprint density at radius 3 is 2.85 bits per heavy atom. The van der Waals surface area contributed by atoms with Crippen LogP contribution in [0.15, 0.2) is 24.3 Å². The first-order chi connectivity index (χ1) is 9.88. The van der Waals surface area contributed by atoms with E-state index < -0.39 is 0 Å². The van der Waals surface area contributed by atoms with E-state index in [1.807, 2.05) is 0 Å². The van der Waals surface area contributed by atoms with Crippen LogP contribution < -0.4 is 5.32 Å². The highest BCUT2D eigenvalue weighted by molar-refractivity contribution is 5.36. The van der Waals surface area contributed by atoms with Crippen molar-refractivity contribution in [3.05, 3.63) is 35.4 Å². The molecule has 3 rings (SSSR count). The molecule has 0 saturated carbocycles. The van der Waals surface area contributed by atoms with Crippen molar-refractivity contribution in [1.29, 1.82) is 0 Å². The molecule has 0 amide bonds. The number of ether oxygens (including phenoxy) is 2. The molecule has 1 aromatic rings. The average Bonchev–Trinajstić information content (AvgIpc) is 2.85. The summed E-state index contributed by atoms with van der Waals surface area (Å²) in [5, 5.41) is 3.59. The van der Waals surface area contributed by atoms with Crippen molar-refractivity contribution in [3.8, 4) is 0 Å². The number of hydrogen-bond donors (Lipinski definition) is 1. The van der Waals surface area contributed by atoms with Gasteiger partial charge in [-0.25, -0.2) is 0 Å². The molecule has 0 bridgehead atoms. The first kappa shape index (κ1) is 14.1. The van der Waals surface area contributed by atoms with Gasteiger partial charge in [0.1, 0.15) is 0 Å². The summed E-state index contributed by atoms with van der Waals surface area (Å²) in [5.74, 6) is 0.676. The molecule has 1 saturated heterocycles. The van der Waals surface area contributed by atoms with Crippen LogP contribution in [0.1, 0.15) is 36.9 Å². The minimum atomic E-state index is 0.287. The molecular formula is C17H25NO2. The normalized spacial score (nSPS) is 26.6. The lowest BCUT2D eigenvalue weighted by Gasteiger charge is -2.26. The quantitative estimate of drug-likeness (QED) is 0.896. The summed E-state index contributed by atoms with van der Waals surface area (Å²) in [6.07, 6.45) is 3.61. The SMILES string of the molecule is CCNC1c2ccccc2CC1OCC1CCOCC1. The van der Waals surface area contributed by atoms with E-state index in [9.17, 15) is 0 Å². The third-order valence-corrected chi connectivity index (χ3v) is 4.49. The Morgan fingerprint density at radius 1 is 1.25 bits per heavy atom. The maximum atomic E-state index is 6.27. The number of rotatable bonds is 5. The van der Waals surface area contributed by atoms with Crippen LogP contribution in [0.2, 0.25) is 0 Å². The van der Waals surface area contributed by atoms with Gasteiger partial charge in [-0.2, -0.15) is 0 Å². The second-order valence-electron chi connectivity index (χ2n) is 5.87. The first-order valence-corrected chi connectivity index (χ1v) is 7.89. The number of likely N-dealkylation sites (N-methyl/N-ethyl adjacent to an activating group) is 1. The van der Waals surface area contributed by atoms with Crippen molar-refractivity contribution in [3.63, 3.8) is 0 Å². The van der Waals surface area contributed by atoms with Crippen LogP contribution in [0.5, 0.6) is 0 Å². The summed E-state index contributed by atoms with van der Waals surface area (Å²) in [4.78, 5) is 0. The minimum Gasteiger partial charge on any atom is -0.381 e. The van der Waals surface area contributed by atoms with Crippen LogP contribution in [-0.2, 0) is 15.9 Å². The second kappa shape index (κ2) is 6.70. The van der Waals surface area contributed by atoms with Crippen molar-refractivity contribution in [2.24, 2.45) is 5.92 Å². The lowest BCUT2D eigenvalue weighted by atomic mass is 10.0. The van der Waals surface area contributed by atoms with Crippen molar-refractivity contribution in [1.82, 2.24) is 5.32 Å². The molecule has 1 aliphatic heterocycles. The van der Waals surface area contributed by atoms with Crippen molar-refractivity contribution < 1.29 is 9.47 Å². The van der Waals surface area contributed by atoms with Gasteiger partial charge in [-0.3, -0.25) is 0 Å². The molecule has 3 heteroatoms. The van der Waals surface area contributed by atoms with Crippen molar-refractivity contribution in [2.45, 2.75) is 38.3 Å². The summed E-state index contributed by atoms with van der Waals surface area (Å²) in [5.41, 5.74) is 2.86. The van der Waals surface area contributed by atoms with Gasteiger partial charge in [-0.15, -0.1) is 0 Å². The van der Waals surface area contributed by atoms with Gasteiger partial charge >= 0.3 is 0 Å². The molecule has 1 N–H and O–H groups in total. The highest BCUT2D eigenvalue weighted by Crippen LogP contribution is 2.33. The monoisotopic (exact) mass is 275 g/mol. The largest absolute Gasteiger partial charge is 0.381 e. The van der Waals surface area contributed by atoms with E-state index in [0.29, 0.717) is 12.0 Å². The van der Waals surface area contributed by atoms with Crippen LogP contribution in [0.3, 0.4) is 0 Å². The molecule has 1 aliphatic carbocycles. The van der Waals surface area contributed by atoms with Gasteiger partial charge in [0.25, 0.3) is 0 Å². The summed E-state index contributed by atoms with van der Waals surface area (Å²) >= 11 is 0. The highest BCUT2D eigenvalue weighted by atomic mass is 16.5. The Kier molecular flexibility index (Phi) is 4.71. The molecule has 2 atom stereocenters. The first-order valence-electron chi connectivity index (χ1n) is 7.89. The molecule has 110 valence electrons. The number of nitrogens with one attached hydrogen (secondary N) is 1. The average molecular weight is 275 g/mol. The van der Waals surface area contributed by atoms with E-state index in [0.717, 1.165) is 45.6 Å². The van der Waals surface area contributed by atoms with Gasteiger partial charge in [0, 0.05) is 19.6 Å². The molecule has 1 aromatic carbocycles. The zero-order valence-electron chi connectivity index (χ0n) is 12.3. The smallest absolute Gasteiger partial charge is 0.0810 e. The van der Waals surface area contributed by atoms with Crippen LogP contribution in [0.4, 0.5) is 0 Å². The van der Waals surface area contributed by atoms with Crippen LogP contribution in [0, 0.1) is 5.92 Å². The molecule has 1 fully saturated rings. The fraction of sp³-hybridized carbons (Fsp3) is 0.647. The fourth-order valence-electron chi connectivity index (χ4n) is 3.35. The van der Waals surface area contributed by atoms with E-state index in [2.05, 4.69) is 36.5 Å². The Bertz CT molecular complexity index is 429. The van der Waals surface area contributed by atoms with E-state index in [4.69, 9.17) is 9.47 Å². The van der Waals surface area contributed by atoms with Crippen molar-refractivity contribution >= 4 is 0 Å². The summed E-state index contributed by atoms with van der Waals surface area (Å²) in [6.45, 7) is 5.82. The summed E-state index contributed by atoms with van der Waals surface area (Å²) in [7, 11) is 0. The molecule has 0 spiro atoms. The predicted octanol–water partition coefficient (Wildman–Crippen LogP) is 2.71. The summed E-state index contributed by atoms with van der Waals surface area (Å²) in [6, 6.07) is 9.08. The Balaban J connectivity index is 1.61. The van der Waals surface area contributed by atoms with Gasteiger partial charge in [0.05, 0.1) is 18.8 Å². The van der Waals surface area contributed by atoms with Gasteiger partial charge < -0.3 is 14.8 Å². The lowest BCUT2D eigenvalue weighted by molar-refractivity contribution is -0.0194. The maximum Gasteiger partial charge on any atom is 0.0810 e. The molecular weight excluding hydrogens is 250 g/mol. The second-order valence-corrected chi connectivity index (χ2v) is 5.87. The molecule has 3 nitrogen and oxygen atoms in total. The van der Waals surface area contributed by atoms with E-state index in [1.165, 1.54) is 11.1 Å². The van der Waals surface area contributed by atoms with E-state index in [1.54, 1.807) is 0 Å². The Hall–Kier alpha value is -0.900. The third kappa shape index (κ3) is 3.05. The van der Waals surface area contributed by atoms with Gasteiger partial charge in [-0.1, -0.05) is 31.2 Å². The minimum absolute atomic E-state index is 0.287. The highest BCUT2D eigenvalue weighted by Gasteiger charge is 2.32. The molecule has 2 unspecified atom stereocenters. The molecule has 2 aliphatic rings. The van der Waals surface area contributed by atoms with Crippen molar-refractivity contribution in [2.75, 3.05) is 26.4 Å². The molecule has 1 heterocycles. The van der Waals surface area contributed by atoms with Gasteiger partial charge in [0.15, 0.2) is 0 Å². The number of benzene rings is 1. The van der Waals surface area contributed by atoms with Crippen LogP contribution in [-0.4, -0.2) is 32.5 Å². The van der Waals surface area contributed by atoms with Gasteiger partial charge in [0.2, 0.25) is 0 Å². The zero-order valence-corrected chi connectivity index (χ0v) is 12.3. The fourth-order valence-corrected chi connectivity index (χ4v) is 3.35. The van der Waals surface area contributed by atoms with Crippen LogP contribution >= 0.6 is 0 Å². The lowest BCUT2D eigenvalue weighted by Crippen LogP contribution is -2.32. The topological polar surface area (TPSA) is 30.5 Å². The van der Waals surface area contributed by atoms with Gasteiger partial charge in [-0.05, 0) is 36.4 Å². The third-order valence-electron chi connectivity index (χ3n) is 4.49. The number of fused-ring (bicyclic) bond motifs is 1. The Morgan fingerprint density at radius 2 is 2.05 bits per heavy atom. The molecule has 0 aromatic heterocycles. The molecule has 20 heavy (non-hydrogen) atoms. The standard InChI is InChI=1S/C17H25NO2/c1-2-18-17-15-6-4-3-5-14(15)11-16(17)20-12-13-7-9-19-10-8-13/h3-6,13,16-18H,2,7-12H2,1H3. The van der Waals surface area contributed by atoms with Crippen LogP contribution in [0.25, 0.3) is 0 Å². The van der Waals surface area contributed by atoms with E-state index >= 15 is 0 Å². The van der Waals surface area contributed by atoms with E-state index in [-0.39, 0.29) is 6.10 Å². The maximum absolute atomic E-state index is 6.27. The number of hydrogen-bond acceptors (Lipinski definition) is 3. The predicted molar refractivity (Wildman–Crippen MR) is 79.8 cm³/mol. The summed E-state index contributed by atoms with van der Waals surface area (Å²) < 4.78 is 11.7.